The second kappa shape index (κ2) is 8.81. The van der Waals surface area contributed by atoms with Crippen LogP contribution in [-0.4, -0.2) is 52.9 Å². The van der Waals surface area contributed by atoms with Crippen molar-refractivity contribution in [2.24, 2.45) is 0 Å². The molecule has 5 rings (SSSR count). The third-order valence-corrected chi connectivity index (χ3v) is 5.43. The molecule has 33 heavy (non-hydrogen) atoms. The smallest absolute Gasteiger partial charge is 0.356 e. The third kappa shape index (κ3) is 4.07. The third-order valence-electron chi connectivity index (χ3n) is 5.43. The summed E-state index contributed by atoms with van der Waals surface area (Å²) in [6, 6.07) is 17.3. The normalized spacial score (nSPS) is 13.3. The molecule has 0 saturated carbocycles. The van der Waals surface area contributed by atoms with E-state index in [0.717, 1.165) is 33.1 Å². The summed E-state index contributed by atoms with van der Waals surface area (Å²) in [6.07, 6.45) is 1.85. The number of para-hydroxylation sites is 1. The Morgan fingerprint density at radius 2 is 1.94 bits per heavy atom. The molecule has 1 aliphatic rings. The maximum absolute atomic E-state index is 12.3. The minimum Gasteiger partial charge on any atom is -0.487 e. The number of esters is 1. The molecule has 0 fully saturated rings. The van der Waals surface area contributed by atoms with E-state index in [1.165, 1.54) is 7.11 Å². The van der Waals surface area contributed by atoms with Gasteiger partial charge in [0.25, 0.3) is 0 Å². The fourth-order valence-corrected chi connectivity index (χ4v) is 3.83. The highest BCUT2D eigenvalue weighted by atomic mass is 16.5. The van der Waals surface area contributed by atoms with E-state index in [0.29, 0.717) is 24.6 Å². The van der Waals surface area contributed by atoms with E-state index in [1.54, 1.807) is 11.1 Å². The van der Waals surface area contributed by atoms with Crippen LogP contribution in [-0.2, 0) is 4.74 Å². The van der Waals surface area contributed by atoms with Gasteiger partial charge in [0.1, 0.15) is 18.1 Å². The fourth-order valence-electron chi connectivity index (χ4n) is 3.83. The largest absolute Gasteiger partial charge is 0.487 e. The van der Waals surface area contributed by atoms with Crippen LogP contribution < -0.4 is 15.7 Å². The van der Waals surface area contributed by atoms with Crippen LogP contribution in [0.3, 0.4) is 0 Å². The van der Waals surface area contributed by atoms with Crippen LogP contribution in [0, 0.1) is 0 Å². The molecule has 4 N–H and O–H groups in total. The van der Waals surface area contributed by atoms with Crippen molar-refractivity contribution < 1.29 is 19.4 Å². The first kappa shape index (κ1) is 20.8. The Balaban J connectivity index is 1.45. The van der Waals surface area contributed by atoms with Crippen molar-refractivity contribution in [3.63, 3.8) is 0 Å². The van der Waals surface area contributed by atoms with Gasteiger partial charge in [-0.3, -0.25) is 5.01 Å². The number of hydrogen-bond acceptors (Lipinski definition) is 8. The number of benzene rings is 2. The number of fused-ring (bicyclic) bond motifs is 3. The number of nitrogens with one attached hydrogen (secondary N) is 3. The molecule has 0 unspecified atom stereocenters. The quantitative estimate of drug-likeness (QED) is 0.321. The van der Waals surface area contributed by atoms with Crippen molar-refractivity contribution in [2.45, 2.75) is 0 Å². The highest BCUT2D eigenvalue weighted by Gasteiger charge is 2.17. The second-order valence-electron chi connectivity index (χ2n) is 7.56. The maximum Gasteiger partial charge on any atom is 0.356 e. The lowest BCUT2D eigenvalue weighted by Gasteiger charge is -2.12. The molecule has 2 aromatic heterocycles. The minimum absolute atomic E-state index is 0.0512. The Hall–Kier alpha value is -4.08. The molecule has 0 amide bonds. The van der Waals surface area contributed by atoms with Crippen LogP contribution in [0.25, 0.3) is 33.1 Å². The number of ether oxygens (including phenoxy) is 2. The summed E-state index contributed by atoms with van der Waals surface area (Å²) in [5, 5.41) is 12.7. The number of rotatable bonds is 7. The molecule has 3 heterocycles. The Kier molecular flexibility index (Phi) is 5.55. The zero-order valence-corrected chi connectivity index (χ0v) is 18.0. The first-order valence-electron chi connectivity index (χ1n) is 10.5. The first-order chi connectivity index (χ1) is 16.2. The predicted octanol–water partition coefficient (Wildman–Crippen LogP) is 2.71. The number of pyridine rings is 1. The molecule has 9 heteroatoms. The Morgan fingerprint density at radius 3 is 2.73 bits per heavy atom. The molecular formula is C24H23N5O4. The molecule has 168 valence electrons. The van der Waals surface area contributed by atoms with Gasteiger partial charge in [0, 0.05) is 28.1 Å². The SMILES string of the molecule is COC(=O)c1cc2c([nH]c3ccccc32)c(-c2ccc(OCC3=CN(CCO)NN3)cc2)n1. The number of hydrazine groups is 2. The summed E-state index contributed by atoms with van der Waals surface area (Å²) >= 11 is 0. The number of aliphatic hydroxyl groups is 1. The number of β-amino-alcohol motifs (C(OH)–C–C–N with tert-alkyl or cyclic N) is 1. The average Bonchev–Trinajstić information content (AvgIpc) is 3.46. The Morgan fingerprint density at radius 1 is 1.12 bits per heavy atom. The number of carbonyl (C=O) groups excluding carboxylic acids is 1. The fraction of sp³-hybridized carbons (Fsp3) is 0.167. The topological polar surface area (TPSA) is 112 Å². The van der Waals surface area contributed by atoms with Gasteiger partial charge in [0.05, 0.1) is 37.2 Å². The van der Waals surface area contributed by atoms with E-state index in [9.17, 15) is 4.79 Å². The molecule has 2 aromatic carbocycles. The monoisotopic (exact) mass is 445 g/mol. The van der Waals surface area contributed by atoms with Gasteiger partial charge in [0.15, 0.2) is 0 Å². The van der Waals surface area contributed by atoms with Gasteiger partial charge in [-0.2, -0.15) is 0 Å². The molecular weight excluding hydrogens is 422 g/mol. The number of methoxy groups -OCH3 is 1. The van der Waals surface area contributed by atoms with Gasteiger partial charge in [-0.1, -0.05) is 18.2 Å². The predicted molar refractivity (Wildman–Crippen MR) is 124 cm³/mol. The number of aromatic amines is 1. The van der Waals surface area contributed by atoms with E-state index >= 15 is 0 Å². The zero-order valence-electron chi connectivity index (χ0n) is 18.0. The van der Waals surface area contributed by atoms with Crippen LogP contribution in [0.2, 0.25) is 0 Å². The standard InChI is InChI=1S/C24H23N5O4/c1-32-24(31)21-12-19-18-4-2-3-5-20(18)25-23(19)22(26-21)15-6-8-17(9-7-15)33-14-16-13-29(10-11-30)28-27-16/h2-9,12-13,25,27-28,30H,10-11,14H2,1H3. The van der Waals surface area contributed by atoms with E-state index < -0.39 is 5.97 Å². The molecule has 0 aliphatic carbocycles. The van der Waals surface area contributed by atoms with Crippen LogP contribution in [0.5, 0.6) is 5.75 Å². The van der Waals surface area contributed by atoms with Crippen LogP contribution >= 0.6 is 0 Å². The molecule has 0 spiro atoms. The average molecular weight is 445 g/mol. The van der Waals surface area contributed by atoms with Gasteiger partial charge >= 0.3 is 5.97 Å². The van der Waals surface area contributed by atoms with Crippen molar-refractivity contribution in [1.29, 1.82) is 0 Å². The summed E-state index contributed by atoms with van der Waals surface area (Å²) in [7, 11) is 1.35. The van der Waals surface area contributed by atoms with Crippen molar-refractivity contribution >= 4 is 27.8 Å². The highest BCUT2D eigenvalue weighted by Crippen LogP contribution is 2.33. The van der Waals surface area contributed by atoms with Gasteiger partial charge in [0.2, 0.25) is 0 Å². The van der Waals surface area contributed by atoms with E-state index in [-0.39, 0.29) is 12.3 Å². The summed E-state index contributed by atoms with van der Waals surface area (Å²) in [5.41, 5.74) is 10.4. The molecule has 0 atom stereocenters. The first-order valence-corrected chi connectivity index (χ1v) is 10.5. The van der Waals surface area contributed by atoms with E-state index in [2.05, 4.69) is 20.9 Å². The number of H-pyrrole nitrogens is 1. The van der Waals surface area contributed by atoms with Crippen molar-refractivity contribution in [3.8, 4) is 17.0 Å². The summed E-state index contributed by atoms with van der Waals surface area (Å²) in [6.45, 7) is 0.872. The van der Waals surface area contributed by atoms with Gasteiger partial charge in [-0.05, 0) is 36.4 Å². The van der Waals surface area contributed by atoms with Crippen molar-refractivity contribution in [3.05, 3.63) is 72.2 Å². The molecule has 0 radical (unpaired) electrons. The molecule has 0 saturated heterocycles. The number of aliphatic hydroxyl groups excluding tert-OH is 1. The second-order valence-corrected chi connectivity index (χ2v) is 7.56. The Labute approximate surface area is 189 Å². The van der Waals surface area contributed by atoms with E-state index in [4.69, 9.17) is 14.6 Å². The number of nitrogens with zero attached hydrogens (tertiary/aromatic N) is 2. The lowest BCUT2D eigenvalue weighted by Crippen LogP contribution is -2.38. The minimum atomic E-state index is -0.482. The van der Waals surface area contributed by atoms with Crippen molar-refractivity contribution in [2.75, 3.05) is 26.9 Å². The van der Waals surface area contributed by atoms with Crippen molar-refractivity contribution in [1.82, 2.24) is 25.9 Å². The van der Waals surface area contributed by atoms with Crippen LogP contribution in [0.15, 0.2) is 66.5 Å². The van der Waals surface area contributed by atoms with Crippen LogP contribution in [0.1, 0.15) is 10.5 Å². The van der Waals surface area contributed by atoms with Gasteiger partial charge in [-0.15, -0.1) is 5.53 Å². The summed E-state index contributed by atoms with van der Waals surface area (Å²) in [4.78, 5) is 20.3. The molecule has 9 nitrogen and oxygen atoms in total. The molecule has 1 aliphatic heterocycles. The summed E-state index contributed by atoms with van der Waals surface area (Å²) in [5.74, 6) is 0.212. The maximum atomic E-state index is 12.3. The lowest BCUT2D eigenvalue weighted by atomic mass is 10.1. The van der Waals surface area contributed by atoms with E-state index in [1.807, 2.05) is 54.7 Å². The highest BCUT2D eigenvalue weighted by molar-refractivity contribution is 6.12. The van der Waals surface area contributed by atoms with Gasteiger partial charge in [-0.25, -0.2) is 9.78 Å². The summed E-state index contributed by atoms with van der Waals surface area (Å²) < 4.78 is 10.8. The van der Waals surface area contributed by atoms with Crippen LogP contribution in [0.4, 0.5) is 0 Å². The van der Waals surface area contributed by atoms with Gasteiger partial charge < -0.3 is 25.0 Å². The number of aromatic nitrogens is 2. The Bertz CT molecular complexity index is 1350. The lowest BCUT2D eigenvalue weighted by molar-refractivity contribution is 0.0594. The molecule has 0 bridgehead atoms. The number of carbonyl (C=O) groups is 1. The zero-order chi connectivity index (χ0) is 22.8. The molecule has 4 aromatic rings. The number of hydrogen-bond donors (Lipinski definition) is 4.